The maximum atomic E-state index is 11.8. The Morgan fingerprint density at radius 2 is 1.94 bits per heavy atom. The summed E-state index contributed by atoms with van der Waals surface area (Å²) in [5.41, 5.74) is 6.71. The molecule has 2 rings (SSSR count). The summed E-state index contributed by atoms with van der Waals surface area (Å²) in [6.07, 6.45) is 3.19. The van der Waals surface area contributed by atoms with Crippen LogP contribution < -0.4 is 11.1 Å². The quantitative estimate of drug-likeness (QED) is 0.713. The average Bonchev–Trinajstić information content (AvgIpc) is 2.82. The molecule has 0 aliphatic rings. The van der Waals surface area contributed by atoms with E-state index in [9.17, 15) is 4.79 Å². The van der Waals surface area contributed by atoms with E-state index in [4.69, 9.17) is 18.0 Å². The van der Waals surface area contributed by atoms with Crippen molar-refractivity contribution >= 4 is 29.1 Å². The highest BCUT2D eigenvalue weighted by atomic mass is 32.1. The number of imidazole rings is 1. The number of carbonyl (C=O) groups excluding carboxylic acids is 1. The molecular weight excluding hydrogens is 236 g/mol. The number of nitrogens with zero attached hydrogens (tertiary/aromatic N) is 1. The van der Waals surface area contributed by atoms with Crippen molar-refractivity contribution in [1.82, 2.24) is 9.97 Å². The van der Waals surface area contributed by atoms with Gasteiger partial charge in [0, 0.05) is 23.5 Å². The fraction of sp³-hybridized carbons (Fsp3) is 0. The van der Waals surface area contributed by atoms with Gasteiger partial charge in [0.1, 0.15) is 4.99 Å². The summed E-state index contributed by atoms with van der Waals surface area (Å²) in [6.45, 7) is 0. The van der Waals surface area contributed by atoms with Crippen LogP contribution >= 0.6 is 12.2 Å². The average molecular weight is 246 g/mol. The first kappa shape index (κ1) is 11.3. The Bertz CT molecular complexity index is 533. The van der Waals surface area contributed by atoms with Crippen LogP contribution in [0.15, 0.2) is 36.7 Å². The number of amides is 1. The lowest BCUT2D eigenvalue weighted by Gasteiger charge is -2.03. The Morgan fingerprint density at radius 1 is 1.29 bits per heavy atom. The van der Waals surface area contributed by atoms with Crippen LogP contribution in [-0.4, -0.2) is 20.9 Å². The molecule has 6 heteroatoms. The third-order valence-corrected chi connectivity index (χ3v) is 2.40. The Morgan fingerprint density at radius 3 is 2.47 bits per heavy atom. The third kappa shape index (κ3) is 2.67. The molecule has 17 heavy (non-hydrogen) atoms. The second-order valence-electron chi connectivity index (χ2n) is 3.33. The summed E-state index contributed by atoms with van der Waals surface area (Å²) in [7, 11) is 0. The first-order valence-corrected chi connectivity index (χ1v) is 5.28. The van der Waals surface area contributed by atoms with E-state index < -0.39 is 0 Å². The summed E-state index contributed by atoms with van der Waals surface area (Å²) < 4.78 is 0. The molecular formula is C11H10N4OS. The van der Waals surface area contributed by atoms with Gasteiger partial charge in [-0.25, -0.2) is 4.98 Å². The van der Waals surface area contributed by atoms with Crippen LogP contribution in [0.2, 0.25) is 0 Å². The van der Waals surface area contributed by atoms with Gasteiger partial charge in [-0.1, -0.05) is 24.4 Å². The zero-order valence-electron chi connectivity index (χ0n) is 8.81. The molecule has 0 radical (unpaired) electrons. The number of rotatable bonds is 3. The highest BCUT2D eigenvalue weighted by molar-refractivity contribution is 7.80. The molecule has 0 aliphatic heterocycles. The van der Waals surface area contributed by atoms with Crippen LogP contribution in [0.4, 0.5) is 5.95 Å². The first-order chi connectivity index (χ1) is 8.16. The number of aromatic nitrogens is 2. The van der Waals surface area contributed by atoms with Gasteiger partial charge in [-0.2, -0.15) is 0 Å². The van der Waals surface area contributed by atoms with Gasteiger partial charge in [0.25, 0.3) is 5.91 Å². The van der Waals surface area contributed by atoms with Crippen LogP contribution in [-0.2, 0) is 0 Å². The molecule has 0 unspecified atom stereocenters. The lowest BCUT2D eigenvalue weighted by atomic mass is 10.1. The zero-order chi connectivity index (χ0) is 12.3. The second-order valence-corrected chi connectivity index (χ2v) is 3.77. The van der Waals surface area contributed by atoms with E-state index in [1.807, 2.05) is 0 Å². The van der Waals surface area contributed by atoms with Crippen molar-refractivity contribution < 1.29 is 4.79 Å². The van der Waals surface area contributed by atoms with E-state index in [0.29, 0.717) is 16.5 Å². The number of thiocarbonyl (C=S) groups is 1. The van der Waals surface area contributed by atoms with Crippen molar-refractivity contribution in [1.29, 1.82) is 0 Å². The predicted molar refractivity (Wildman–Crippen MR) is 68.9 cm³/mol. The maximum absolute atomic E-state index is 11.8. The number of carbonyl (C=O) groups is 1. The Kier molecular flexibility index (Phi) is 3.15. The molecule has 0 spiro atoms. The van der Waals surface area contributed by atoms with Gasteiger partial charge in [-0.15, -0.1) is 0 Å². The highest BCUT2D eigenvalue weighted by Gasteiger charge is 2.07. The molecule has 4 N–H and O–H groups in total. The predicted octanol–water partition coefficient (Wildman–Crippen LogP) is 1.30. The van der Waals surface area contributed by atoms with Gasteiger partial charge in [0.05, 0.1) is 0 Å². The Labute approximate surface area is 103 Å². The number of hydrogen-bond donors (Lipinski definition) is 3. The smallest absolute Gasteiger partial charge is 0.257 e. The SMILES string of the molecule is NC(=S)c1ccc(C(=O)Nc2ncc[nH]2)cc1. The first-order valence-electron chi connectivity index (χ1n) is 4.87. The zero-order valence-corrected chi connectivity index (χ0v) is 9.62. The van der Waals surface area contributed by atoms with Crippen LogP contribution in [0.25, 0.3) is 0 Å². The molecule has 1 aromatic heterocycles. The second kappa shape index (κ2) is 4.75. The van der Waals surface area contributed by atoms with Crippen molar-refractivity contribution in [2.45, 2.75) is 0 Å². The van der Waals surface area contributed by atoms with Crippen molar-refractivity contribution in [2.24, 2.45) is 5.73 Å². The summed E-state index contributed by atoms with van der Waals surface area (Å²) >= 11 is 4.83. The van der Waals surface area contributed by atoms with E-state index in [-0.39, 0.29) is 5.91 Å². The molecule has 5 nitrogen and oxygen atoms in total. The van der Waals surface area contributed by atoms with E-state index >= 15 is 0 Å². The minimum atomic E-state index is -0.241. The Balaban J connectivity index is 2.12. The standard InChI is InChI=1S/C11H10N4OS/c12-9(17)7-1-3-8(4-2-7)10(16)15-11-13-5-6-14-11/h1-6H,(H2,12,17)(H2,13,14,15,16). The van der Waals surface area contributed by atoms with Crippen molar-refractivity contribution in [3.63, 3.8) is 0 Å². The van der Waals surface area contributed by atoms with Crippen molar-refractivity contribution in [3.05, 3.63) is 47.8 Å². The lowest BCUT2D eigenvalue weighted by molar-refractivity contribution is 0.102. The molecule has 0 atom stereocenters. The topological polar surface area (TPSA) is 83.8 Å². The van der Waals surface area contributed by atoms with Crippen LogP contribution in [0.5, 0.6) is 0 Å². The number of aromatic amines is 1. The summed E-state index contributed by atoms with van der Waals surface area (Å²) in [5, 5.41) is 2.62. The molecule has 1 heterocycles. The molecule has 1 aromatic carbocycles. The summed E-state index contributed by atoms with van der Waals surface area (Å²) in [5.74, 6) is 0.169. The van der Waals surface area contributed by atoms with E-state index in [0.717, 1.165) is 5.56 Å². The minimum absolute atomic E-state index is 0.241. The number of nitrogens with two attached hydrogens (primary N) is 1. The molecule has 0 saturated heterocycles. The molecule has 2 aromatic rings. The molecule has 0 bridgehead atoms. The number of H-pyrrole nitrogens is 1. The highest BCUT2D eigenvalue weighted by Crippen LogP contribution is 2.06. The summed E-state index contributed by atoms with van der Waals surface area (Å²) in [6, 6.07) is 6.73. The molecule has 0 fully saturated rings. The number of nitrogens with one attached hydrogen (secondary N) is 2. The van der Waals surface area contributed by atoms with Crippen LogP contribution in [0.3, 0.4) is 0 Å². The molecule has 86 valence electrons. The Hall–Kier alpha value is -2.21. The fourth-order valence-corrected chi connectivity index (χ4v) is 1.44. The van der Waals surface area contributed by atoms with E-state index in [2.05, 4.69) is 15.3 Å². The maximum Gasteiger partial charge on any atom is 0.257 e. The van der Waals surface area contributed by atoms with Crippen LogP contribution in [0.1, 0.15) is 15.9 Å². The lowest BCUT2D eigenvalue weighted by Crippen LogP contribution is -2.14. The van der Waals surface area contributed by atoms with E-state index in [1.54, 1.807) is 36.7 Å². The third-order valence-electron chi connectivity index (χ3n) is 2.16. The van der Waals surface area contributed by atoms with E-state index in [1.165, 1.54) is 0 Å². The monoisotopic (exact) mass is 246 g/mol. The molecule has 0 aliphatic carbocycles. The van der Waals surface area contributed by atoms with Crippen molar-refractivity contribution in [3.8, 4) is 0 Å². The minimum Gasteiger partial charge on any atom is -0.389 e. The number of hydrogen-bond acceptors (Lipinski definition) is 3. The molecule has 1 amide bonds. The van der Waals surface area contributed by atoms with Gasteiger partial charge < -0.3 is 10.7 Å². The van der Waals surface area contributed by atoms with Gasteiger partial charge in [-0.3, -0.25) is 10.1 Å². The fourth-order valence-electron chi connectivity index (χ4n) is 1.30. The summed E-state index contributed by atoms with van der Waals surface area (Å²) in [4.78, 5) is 18.7. The van der Waals surface area contributed by atoms with Gasteiger partial charge >= 0.3 is 0 Å². The van der Waals surface area contributed by atoms with Crippen LogP contribution in [0, 0.1) is 0 Å². The van der Waals surface area contributed by atoms with Gasteiger partial charge in [0.15, 0.2) is 0 Å². The molecule has 0 saturated carbocycles. The number of anilines is 1. The van der Waals surface area contributed by atoms with Gasteiger partial charge in [0.2, 0.25) is 5.95 Å². The largest absolute Gasteiger partial charge is 0.389 e. The normalized spacial score (nSPS) is 9.88. The number of benzene rings is 1. The van der Waals surface area contributed by atoms with Gasteiger partial charge in [-0.05, 0) is 12.1 Å². The van der Waals surface area contributed by atoms with Crippen molar-refractivity contribution in [2.75, 3.05) is 5.32 Å².